The third-order valence-corrected chi connectivity index (χ3v) is 2.38. The minimum atomic E-state index is -0.887. The topological polar surface area (TPSA) is 35.2 Å². The van der Waals surface area contributed by atoms with Gasteiger partial charge in [0.05, 0.1) is 6.10 Å². The molecule has 0 saturated heterocycles. The summed E-state index contributed by atoms with van der Waals surface area (Å²) in [6.45, 7) is 1.85. The van der Waals surface area contributed by atoms with E-state index in [-0.39, 0.29) is 24.1 Å². The van der Waals surface area contributed by atoms with Crippen LogP contribution in [0, 0.1) is 11.6 Å². The second kappa shape index (κ2) is 4.33. The lowest BCUT2D eigenvalue weighted by Gasteiger charge is -2.28. The Kier molecular flexibility index (Phi) is 3.52. The van der Waals surface area contributed by atoms with Crippen LogP contribution in [0.2, 0.25) is 0 Å². The molecule has 1 aromatic rings. The molecule has 2 rings (SSSR count). The molecule has 84 valence electrons. The van der Waals surface area contributed by atoms with Gasteiger partial charge in [-0.15, -0.1) is 12.4 Å². The molecule has 0 amide bonds. The molecule has 0 spiro atoms. The van der Waals surface area contributed by atoms with Crippen LogP contribution in [-0.4, -0.2) is 6.10 Å². The van der Waals surface area contributed by atoms with Crippen LogP contribution in [-0.2, 0) is 0 Å². The van der Waals surface area contributed by atoms with Gasteiger partial charge in [0.25, 0.3) is 0 Å². The molecule has 1 aliphatic rings. The molecule has 0 fully saturated rings. The normalized spacial score (nSPS) is 23.7. The standard InChI is InChI=1S/C10H11F2NO.ClH/c1-5-4-7(13)9-8(14-5)3-2-6(11)10(9)12;/h2-3,5,7H,4,13H2,1H3;1H/t5-,7+;/m1./s1. The van der Waals surface area contributed by atoms with Crippen molar-refractivity contribution in [2.75, 3.05) is 0 Å². The minimum Gasteiger partial charge on any atom is -0.490 e. The Morgan fingerprint density at radius 3 is 2.73 bits per heavy atom. The fourth-order valence-corrected chi connectivity index (χ4v) is 1.74. The van der Waals surface area contributed by atoms with E-state index in [1.54, 1.807) is 0 Å². The molecule has 1 aliphatic heterocycles. The van der Waals surface area contributed by atoms with Crippen LogP contribution < -0.4 is 10.5 Å². The van der Waals surface area contributed by atoms with Crippen molar-refractivity contribution >= 4 is 12.4 Å². The number of halogens is 3. The highest BCUT2D eigenvalue weighted by Crippen LogP contribution is 2.35. The van der Waals surface area contributed by atoms with Gasteiger partial charge in [-0.25, -0.2) is 8.78 Å². The quantitative estimate of drug-likeness (QED) is 0.750. The summed E-state index contributed by atoms with van der Waals surface area (Å²) in [5, 5.41) is 0. The summed E-state index contributed by atoms with van der Waals surface area (Å²) in [6.07, 6.45) is 0.454. The van der Waals surface area contributed by atoms with E-state index >= 15 is 0 Å². The molecule has 0 unspecified atom stereocenters. The number of nitrogens with two attached hydrogens (primary N) is 1. The van der Waals surface area contributed by atoms with Gasteiger partial charge in [0.2, 0.25) is 0 Å². The Balaban J connectivity index is 0.00000112. The molecule has 0 radical (unpaired) electrons. The largest absolute Gasteiger partial charge is 0.490 e. The zero-order valence-electron chi connectivity index (χ0n) is 8.17. The van der Waals surface area contributed by atoms with E-state index < -0.39 is 17.7 Å². The summed E-state index contributed by atoms with van der Waals surface area (Å²) in [4.78, 5) is 0. The van der Waals surface area contributed by atoms with Gasteiger partial charge in [-0.3, -0.25) is 0 Å². The molecule has 2 atom stereocenters. The Morgan fingerprint density at radius 2 is 2.07 bits per heavy atom. The number of rotatable bonds is 0. The Morgan fingerprint density at radius 1 is 1.40 bits per heavy atom. The highest BCUT2D eigenvalue weighted by atomic mass is 35.5. The van der Waals surface area contributed by atoms with Crippen molar-refractivity contribution in [3.8, 4) is 5.75 Å². The van der Waals surface area contributed by atoms with Crippen LogP contribution in [0.25, 0.3) is 0 Å². The summed E-state index contributed by atoms with van der Waals surface area (Å²) >= 11 is 0. The van der Waals surface area contributed by atoms with Crippen LogP contribution in [0.1, 0.15) is 24.9 Å². The molecular weight excluding hydrogens is 224 g/mol. The van der Waals surface area contributed by atoms with Crippen molar-refractivity contribution in [3.05, 3.63) is 29.3 Å². The molecule has 1 aromatic carbocycles. The lowest BCUT2D eigenvalue weighted by molar-refractivity contribution is 0.173. The first-order valence-corrected chi connectivity index (χ1v) is 4.49. The van der Waals surface area contributed by atoms with Crippen molar-refractivity contribution in [3.63, 3.8) is 0 Å². The summed E-state index contributed by atoms with van der Waals surface area (Å²) in [5.41, 5.74) is 5.88. The number of ether oxygens (including phenoxy) is 1. The number of hydrogen-bond acceptors (Lipinski definition) is 2. The van der Waals surface area contributed by atoms with Crippen LogP contribution in [0.5, 0.6) is 5.75 Å². The zero-order valence-corrected chi connectivity index (χ0v) is 8.98. The summed E-state index contributed by atoms with van der Waals surface area (Å²) in [6, 6.07) is 1.99. The van der Waals surface area contributed by atoms with E-state index in [9.17, 15) is 8.78 Å². The lowest BCUT2D eigenvalue weighted by Crippen LogP contribution is -2.28. The van der Waals surface area contributed by atoms with Gasteiger partial charge >= 0.3 is 0 Å². The molecule has 0 bridgehead atoms. The van der Waals surface area contributed by atoms with Crippen LogP contribution in [0.4, 0.5) is 8.78 Å². The second-order valence-corrected chi connectivity index (χ2v) is 3.54. The van der Waals surface area contributed by atoms with Crippen molar-refractivity contribution in [1.82, 2.24) is 0 Å². The number of benzene rings is 1. The third-order valence-electron chi connectivity index (χ3n) is 2.38. The fraction of sp³-hybridized carbons (Fsp3) is 0.400. The van der Waals surface area contributed by atoms with Gasteiger partial charge in [0.15, 0.2) is 11.6 Å². The average molecular weight is 236 g/mol. The molecule has 0 aromatic heterocycles. The van der Waals surface area contributed by atoms with Gasteiger partial charge in [0.1, 0.15) is 5.75 Å². The third kappa shape index (κ3) is 2.06. The molecule has 5 heteroatoms. The highest BCUT2D eigenvalue weighted by molar-refractivity contribution is 5.85. The van der Waals surface area contributed by atoms with E-state index in [0.29, 0.717) is 12.2 Å². The molecule has 1 heterocycles. The summed E-state index contributed by atoms with van der Waals surface area (Å²) < 4.78 is 31.6. The fourth-order valence-electron chi connectivity index (χ4n) is 1.74. The lowest BCUT2D eigenvalue weighted by atomic mass is 9.97. The van der Waals surface area contributed by atoms with E-state index in [2.05, 4.69) is 0 Å². The molecule has 2 nitrogen and oxygen atoms in total. The number of fused-ring (bicyclic) bond motifs is 1. The van der Waals surface area contributed by atoms with Gasteiger partial charge in [-0.2, -0.15) is 0 Å². The van der Waals surface area contributed by atoms with Crippen LogP contribution in [0.15, 0.2) is 12.1 Å². The highest BCUT2D eigenvalue weighted by Gasteiger charge is 2.27. The van der Waals surface area contributed by atoms with Gasteiger partial charge in [0, 0.05) is 18.0 Å². The monoisotopic (exact) mass is 235 g/mol. The van der Waals surface area contributed by atoms with Crippen LogP contribution in [0.3, 0.4) is 0 Å². The van der Waals surface area contributed by atoms with E-state index in [1.165, 1.54) is 6.07 Å². The maximum Gasteiger partial charge on any atom is 0.167 e. The van der Waals surface area contributed by atoms with Crippen molar-refractivity contribution in [2.45, 2.75) is 25.5 Å². The minimum absolute atomic E-state index is 0. The second-order valence-electron chi connectivity index (χ2n) is 3.54. The van der Waals surface area contributed by atoms with E-state index in [1.807, 2.05) is 6.92 Å². The van der Waals surface area contributed by atoms with Crippen molar-refractivity contribution in [2.24, 2.45) is 5.73 Å². The molecule has 2 N–H and O–H groups in total. The Labute approximate surface area is 92.8 Å². The first kappa shape index (κ1) is 12.2. The van der Waals surface area contributed by atoms with Crippen LogP contribution >= 0.6 is 12.4 Å². The molecule has 0 saturated carbocycles. The van der Waals surface area contributed by atoms with Gasteiger partial charge in [-0.05, 0) is 19.1 Å². The first-order chi connectivity index (χ1) is 6.59. The average Bonchev–Trinajstić information content (AvgIpc) is 2.10. The van der Waals surface area contributed by atoms with E-state index in [4.69, 9.17) is 10.5 Å². The molecule has 0 aliphatic carbocycles. The first-order valence-electron chi connectivity index (χ1n) is 4.49. The van der Waals surface area contributed by atoms with Crippen molar-refractivity contribution < 1.29 is 13.5 Å². The smallest absolute Gasteiger partial charge is 0.167 e. The molecule has 15 heavy (non-hydrogen) atoms. The molecular formula is C10H12ClF2NO. The van der Waals surface area contributed by atoms with Gasteiger partial charge < -0.3 is 10.5 Å². The predicted molar refractivity (Wildman–Crippen MR) is 55.2 cm³/mol. The Bertz CT molecular complexity index is 373. The van der Waals surface area contributed by atoms with Gasteiger partial charge in [-0.1, -0.05) is 0 Å². The summed E-state index contributed by atoms with van der Waals surface area (Å²) in [7, 11) is 0. The summed E-state index contributed by atoms with van der Waals surface area (Å²) in [5.74, 6) is -1.41. The SMILES string of the molecule is C[C@@H]1C[C@H](N)c2c(ccc(F)c2F)O1.Cl. The van der Waals surface area contributed by atoms with Crippen molar-refractivity contribution in [1.29, 1.82) is 0 Å². The zero-order chi connectivity index (χ0) is 10.3. The number of hydrogen-bond donors (Lipinski definition) is 1. The van der Waals surface area contributed by atoms with E-state index in [0.717, 1.165) is 6.07 Å². The predicted octanol–water partition coefficient (Wildman–Crippen LogP) is 2.56. The maximum atomic E-state index is 13.3. The Hall–Kier alpha value is -0.870. The maximum absolute atomic E-state index is 13.3.